The monoisotopic (exact) mass is 553 g/mol. The average Bonchev–Trinajstić information content (AvgIpc) is 3.37. The minimum absolute atomic E-state index is 0. The Hall–Kier alpha value is -1.45. The molecule has 2 N–H and O–H groups in total. The van der Waals surface area contributed by atoms with Crippen LogP contribution in [0.2, 0.25) is 0 Å². The molecule has 1 aromatic heterocycles. The third-order valence-corrected chi connectivity index (χ3v) is 9.27. The van der Waals surface area contributed by atoms with Crippen LogP contribution in [0, 0.1) is 17.8 Å². The van der Waals surface area contributed by atoms with Crippen LogP contribution in [0.3, 0.4) is 0 Å². The number of anilines is 1. The molecule has 35 heavy (non-hydrogen) atoms. The summed E-state index contributed by atoms with van der Waals surface area (Å²) < 4.78 is 11.7. The van der Waals surface area contributed by atoms with Crippen LogP contribution in [0.25, 0.3) is 0 Å². The second-order valence-electron chi connectivity index (χ2n) is 11.3. The first-order chi connectivity index (χ1) is 16.5. The van der Waals surface area contributed by atoms with E-state index in [9.17, 15) is 14.7 Å². The number of carbonyl (C=O) groups excluding carboxylic acids is 2. The third-order valence-electron chi connectivity index (χ3n) is 9.27. The lowest BCUT2D eigenvalue weighted by Crippen LogP contribution is -3.00. The number of aliphatic hydroxyl groups is 1. The van der Waals surface area contributed by atoms with Crippen molar-refractivity contribution in [2.24, 2.45) is 17.8 Å². The maximum Gasteiger partial charge on any atom is 0.339 e. The molecule has 1 atom stereocenters. The van der Waals surface area contributed by atoms with Gasteiger partial charge in [0.1, 0.15) is 12.8 Å². The van der Waals surface area contributed by atoms with Gasteiger partial charge in [-0.25, -0.2) is 4.79 Å². The Morgan fingerprint density at radius 1 is 1.03 bits per heavy atom. The van der Waals surface area contributed by atoms with Crippen LogP contribution in [-0.4, -0.2) is 64.5 Å². The van der Waals surface area contributed by atoms with Crippen LogP contribution in [-0.2, 0) is 14.3 Å². The Labute approximate surface area is 218 Å². The summed E-state index contributed by atoms with van der Waals surface area (Å²) in [4.78, 5) is 26.5. The SMILES string of the molecule is O=C(C[N+]12CCC(CC1)[C@@H](OC(=O)C(O)(C1CCCCC1)C1CCCCC1)C2)Nc1ccon1.[Br-]. The Morgan fingerprint density at radius 3 is 2.17 bits per heavy atom. The molecule has 5 fully saturated rings. The zero-order chi connectivity index (χ0) is 23.6. The van der Waals surface area contributed by atoms with Gasteiger partial charge in [-0.1, -0.05) is 43.7 Å². The molecule has 8 nitrogen and oxygen atoms in total. The normalized spacial score (nSPS) is 29.9. The Balaban J connectivity index is 0.00000289. The van der Waals surface area contributed by atoms with Crippen molar-refractivity contribution in [3.05, 3.63) is 12.3 Å². The van der Waals surface area contributed by atoms with Crippen molar-refractivity contribution < 1.29 is 45.4 Å². The second-order valence-corrected chi connectivity index (χ2v) is 11.3. The highest BCUT2D eigenvalue weighted by molar-refractivity contribution is 5.90. The molecule has 1 aromatic rings. The number of halogens is 1. The van der Waals surface area contributed by atoms with Crippen molar-refractivity contribution in [3.63, 3.8) is 0 Å². The number of aromatic nitrogens is 1. The Kier molecular flexibility index (Phi) is 8.59. The number of piperidine rings is 3. The number of hydrogen-bond donors (Lipinski definition) is 2. The molecule has 4 heterocycles. The van der Waals surface area contributed by atoms with Gasteiger partial charge in [-0.15, -0.1) is 0 Å². The Bertz CT molecular complexity index is 825. The maximum atomic E-state index is 13.8. The van der Waals surface area contributed by atoms with Gasteiger partial charge in [0.25, 0.3) is 5.91 Å². The number of quaternary nitrogens is 1. The minimum atomic E-state index is -1.36. The van der Waals surface area contributed by atoms with Crippen molar-refractivity contribution in [2.45, 2.75) is 88.8 Å². The van der Waals surface area contributed by atoms with Crippen molar-refractivity contribution in [1.82, 2.24) is 5.16 Å². The molecule has 3 saturated heterocycles. The van der Waals surface area contributed by atoms with Crippen LogP contribution in [0.5, 0.6) is 0 Å². The van der Waals surface area contributed by atoms with E-state index in [0.717, 1.165) is 77.3 Å². The fraction of sp³-hybridized carbons (Fsp3) is 0.808. The van der Waals surface area contributed by atoms with Gasteiger partial charge in [-0.2, -0.15) is 0 Å². The van der Waals surface area contributed by atoms with Crippen molar-refractivity contribution in [2.75, 3.05) is 31.5 Å². The van der Waals surface area contributed by atoms with Crippen LogP contribution in [0.1, 0.15) is 77.0 Å². The third kappa shape index (κ3) is 5.62. The summed E-state index contributed by atoms with van der Waals surface area (Å²) in [5, 5.41) is 18.6. The molecule has 3 aliphatic heterocycles. The lowest BCUT2D eigenvalue weighted by Gasteiger charge is -2.52. The van der Waals surface area contributed by atoms with E-state index in [-0.39, 0.29) is 46.8 Å². The van der Waals surface area contributed by atoms with Gasteiger partial charge in [-0.05, 0) is 37.5 Å². The zero-order valence-corrected chi connectivity index (χ0v) is 22.2. The number of fused-ring (bicyclic) bond motifs is 3. The second kappa shape index (κ2) is 11.3. The highest BCUT2D eigenvalue weighted by Crippen LogP contribution is 2.45. The number of amides is 1. The highest BCUT2D eigenvalue weighted by Gasteiger charge is 2.54. The quantitative estimate of drug-likeness (QED) is 0.380. The van der Waals surface area contributed by atoms with E-state index in [4.69, 9.17) is 9.26 Å². The van der Waals surface area contributed by atoms with Gasteiger partial charge in [0, 0.05) is 24.8 Å². The number of ether oxygens (including phenoxy) is 1. The number of nitrogens with zero attached hydrogens (tertiary/aromatic N) is 2. The van der Waals surface area contributed by atoms with E-state index in [0.29, 0.717) is 29.3 Å². The highest BCUT2D eigenvalue weighted by atomic mass is 79.9. The first-order valence-electron chi connectivity index (χ1n) is 13.5. The van der Waals surface area contributed by atoms with Gasteiger partial charge in [0.2, 0.25) is 0 Å². The standard InChI is InChI=1S/C26H39N3O5.BrH/c30-24(27-23-13-16-33-28-23)18-29-14-11-19(12-15-29)22(17-29)34-25(31)26(32,20-7-3-1-4-8-20)21-9-5-2-6-10-21;/h13,16,19-22,32H,1-12,14-15,17-18H2;1H/t19?,22-,29?;/m0./s1. The first-order valence-corrected chi connectivity index (χ1v) is 13.5. The molecule has 2 aliphatic carbocycles. The number of hydrogen-bond acceptors (Lipinski definition) is 6. The molecule has 2 bridgehead atoms. The summed E-state index contributed by atoms with van der Waals surface area (Å²) in [7, 11) is 0. The summed E-state index contributed by atoms with van der Waals surface area (Å²) in [6, 6.07) is 1.63. The van der Waals surface area contributed by atoms with E-state index in [1.165, 1.54) is 19.1 Å². The van der Waals surface area contributed by atoms with E-state index < -0.39 is 5.60 Å². The molecule has 5 aliphatic rings. The average molecular weight is 555 g/mol. The molecule has 0 spiro atoms. The molecule has 6 rings (SSSR count). The van der Waals surface area contributed by atoms with Crippen molar-refractivity contribution in [1.29, 1.82) is 0 Å². The number of nitrogens with one attached hydrogen (secondary N) is 1. The van der Waals surface area contributed by atoms with Crippen molar-refractivity contribution >= 4 is 17.7 Å². The summed E-state index contributed by atoms with van der Waals surface area (Å²) in [5.74, 6) is 0.284. The molecular weight excluding hydrogens is 514 g/mol. The molecule has 0 aromatic carbocycles. The van der Waals surface area contributed by atoms with E-state index >= 15 is 0 Å². The van der Waals surface area contributed by atoms with Gasteiger partial charge < -0.3 is 41.1 Å². The first kappa shape index (κ1) is 26.6. The molecule has 0 unspecified atom stereocenters. The van der Waals surface area contributed by atoms with Gasteiger partial charge in [0.05, 0.1) is 13.1 Å². The molecular formula is C26H40BrN3O5. The molecule has 196 valence electrons. The molecule has 9 heteroatoms. The van der Waals surface area contributed by atoms with Crippen LogP contribution >= 0.6 is 0 Å². The summed E-state index contributed by atoms with van der Waals surface area (Å²) in [6.45, 7) is 2.82. The Morgan fingerprint density at radius 2 is 1.63 bits per heavy atom. The number of rotatable bonds is 7. The summed E-state index contributed by atoms with van der Waals surface area (Å²) >= 11 is 0. The predicted octanol–water partition coefficient (Wildman–Crippen LogP) is 0.661. The lowest BCUT2D eigenvalue weighted by molar-refractivity contribution is -0.939. The summed E-state index contributed by atoms with van der Waals surface area (Å²) in [6.07, 6.45) is 13.5. The van der Waals surface area contributed by atoms with Gasteiger partial charge in [0.15, 0.2) is 24.1 Å². The van der Waals surface area contributed by atoms with E-state index in [1.807, 2.05) is 0 Å². The summed E-state index contributed by atoms with van der Waals surface area (Å²) in [5.41, 5.74) is -1.36. The van der Waals surface area contributed by atoms with E-state index in [2.05, 4.69) is 10.5 Å². The fourth-order valence-corrected chi connectivity index (χ4v) is 7.32. The van der Waals surface area contributed by atoms with Crippen LogP contribution < -0.4 is 22.3 Å². The van der Waals surface area contributed by atoms with E-state index in [1.54, 1.807) is 6.07 Å². The topological polar surface area (TPSA) is 102 Å². The largest absolute Gasteiger partial charge is 1.00 e. The smallest absolute Gasteiger partial charge is 0.339 e. The number of esters is 1. The molecule has 2 saturated carbocycles. The predicted molar refractivity (Wildman–Crippen MR) is 126 cm³/mol. The fourth-order valence-electron chi connectivity index (χ4n) is 7.32. The van der Waals surface area contributed by atoms with Gasteiger partial charge in [-0.3, -0.25) is 4.79 Å². The maximum absolute atomic E-state index is 13.8. The molecule has 0 radical (unpaired) electrons. The van der Waals surface area contributed by atoms with Crippen LogP contribution in [0.4, 0.5) is 5.82 Å². The lowest BCUT2D eigenvalue weighted by atomic mass is 9.66. The molecule has 1 amide bonds. The van der Waals surface area contributed by atoms with Crippen LogP contribution in [0.15, 0.2) is 16.9 Å². The number of carbonyl (C=O) groups is 2. The van der Waals surface area contributed by atoms with Crippen molar-refractivity contribution in [3.8, 4) is 0 Å². The zero-order valence-electron chi connectivity index (χ0n) is 20.6. The van der Waals surface area contributed by atoms with Gasteiger partial charge >= 0.3 is 5.97 Å². The minimum Gasteiger partial charge on any atom is -1.00 e.